The third-order valence-electron chi connectivity index (χ3n) is 1.92. The number of ether oxygens (including phenoxy) is 2. The Morgan fingerprint density at radius 2 is 1.94 bits per heavy atom. The second kappa shape index (κ2) is 9.40. The molecule has 0 bridgehead atoms. The number of aliphatic hydroxyl groups is 1. The second-order valence-corrected chi connectivity index (χ2v) is 3.85. The number of hydrogen-bond acceptors (Lipinski definition) is 5. The minimum Gasteiger partial charge on any atom is -0.392 e. The number of alkyl halides is 1. The summed E-state index contributed by atoms with van der Waals surface area (Å²) in [6.45, 7) is 4.32. The highest BCUT2D eigenvalue weighted by molar-refractivity contribution is 7.17. The molecular weight excluding hydrogens is 255 g/mol. The predicted molar refractivity (Wildman–Crippen MR) is 63.4 cm³/mol. The molecule has 7 heteroatoms. The molecule has 5 nitrogen and oxygen atoms in total. The Morgan fingerprint density at radius 3 is 2.31 bits per heavy atom. The molecule has 0 aromatic carbocycles. The average Bonchev–Trinajstić information content (AvgIpc) is 2.27. The van der Waals surface area contributed by atoms with Gasteiger partial charge in [0.2, 0.25) is 0 Å². The highest BCUT2D eigenvalue weighted by Gasteiger charge is 2.33. The molecule has 0 aromatic rings. The van der Waals surface area contributed by atoms with Crippen LogP contribution in [0.3, 0.4) is 0 Å². The molecular formula is C9H20ClO5P. The lowest BCUT2D eigenvalue weighted by Gasteiger charge is -2.31. The Balaban J connectivity index is 4.39. The van der Waals surface area contributed by atoms with Crippen LogP contribution in [0.1, 0.15) is 26.7 Å². The maximum absolute atomic E-state index is 10.6. The summed E-state index contributed by atoms with van der Waals surface area (Å²) in [7, 11) is -1.44. The van der Waals surface area contributed by atoms with Gasteiger partial charge in [-0.05, 0) is 20.3 Å². The van der Waals surface area contributed by atoms with Gasteiger partial charge in [0, 0.05) is 25.5 Å². The SMILES string of the molecule is CCOC(CC[C@@H](O)CCl)(OCC)O[PH2]=O. The molecule has 0 rings (SSSR count). The molecule has 1 N–H and O–H groups in total. The summed E-state index contributed by atoms with van der Waals surface area (Å²) in [5, 5.41) is 9.36. The monoisotopic (exact) mass is 274 g/mol. The topological polar surface area (TPSA) is 65.0 Å². The van der Waals surface area contributed by atoms with Crippen molar-refractivity contribution in [3.8, 4) is 0 Å². The van der Waals surface area contributed by atoms with E-state index < -0.39 is 20.8 Å². The maximum atomic E-state index is 10.6. The maximum Gasteiger partial charge on any atom is 0.288 e. The third kappa shape index (κ3) is 6.18. The molecule has 16 heavy (non-hydrogen) atoms. The van der Waals surface area contributed by atoms with Crippen LogP contribution < -0.4 is 0 Å². The Kier molecular flexibility index (Phi) is 9.61. The zero-order valence-electron chi connectivity index (χ0n) is 9.65. The molecule has 98 valence electrons. The quantitative estimate of drug-likeness (QED) is 0.374. The van der Waals surface area contributed by atoms with Crippen LogP contribution in [0, 0.1) is 0 Å². The summed E-state index contributed by atoms with van der Waals surface area (Å²) in [5.41, 5.74) is 0. The highest BCUT2D eigenvalue weighted by Crippen LogP contribution is 2.27. The minimum atomic E-state index is -1.44. The fourth-order valence-corrected chi connectivity index (χ4v) is 1.80. The van der Waals surface area contributed by atoms with Crippen molar-refractivity contribution < 1.29 is 23.7 Å². The fraction of sp³-hybridized carbons (Fsp3) is 1.00. The third-order valence-corrected chi connectivity index (χ3v) is 2.73. The van der Waals surface area contributed by atoms with Crippen LogP contribution in [0.15, 0.2) is 0 Å². The van der Waals surface area contributed by atoms with Crippen LogP contribution in [0.5, 0.6) is 0 Å². The average molecular weight is 275 g/mol. The van der Waals surface area contributed by atoms with Gasteiger partial charge in [0.15, 0.2) is 8.69 Å². The second-order valence-electron chi connectivity index (χ2n) is 3.11. The van der Waals surface area contributed by atoms with E-state index in [1.807, 2.05) is 0 Å². The Bertz CT molecular complexity index is 187. The van der Waals surface area contributed by atoms with Crippen LogP contribution >= 0.6 is 20.3 Å². The molecule has 0 saturated carbocycles. The molecule has 0 aliphatic rings. The van der Waals surface area contributed by atoms with Crippen molar-refractivity contribution in [2.24, 2.45) is 0 Å². The van der Waals surface area contributed by atoms with Crippen molar-refractivity contribution in [3.05, 3.63) is 0 Å². The summed E-state index contributed by atoms with van der Waals surface area (Å²) < 4.78 is 26.3. The van der Waals surface area contributed by atoms with Gasteiger partial charge >= 0.3 is 0 Å². The van der Waals surface area contributed by atoms with Crippen molar-refractivity contribution in [2.45, 2.75) is 38.8 Å². The standard InChI is InChI=1S/C9H20ClO5P/c1-3-13-9(14-4-2,15-16-12)6-5-8(11)7-10/h8,11H,3-7,16H2,1-2H3/t8-/m1/s1. The van der Waals surface area contributed by atoms with E-state index in [1.165, 1.54) is 0 Å². The van der Waals surface area contributed by atoms with E-state index in [-0.39, 0.29) is 12.3 Å². The largest absolute Gasteiger partial charge is 0.392 e. The van der Waals surface area contributed by atoms with Crippen LogP contribution in [-0.4, -0.2) is 36.3 Å². The van der Waals surface area contributed by atoms with E-state index in [4.69, 9.17) is 25.6 Å². The van der Waals surface area contributed by atoms with E-state index in [2.05, 4.69) is 0 Å². The zero-order valence-corrected chi connectivity index (χ0v) is 11.6. The normalized spacial score (nSPS) is 14.8. The summed E-state index contributed by atoms with van der Waals surface area (Å²) >= 11 is 5.48. The van der Waals surface area contributed by atoms with Gasteiger partial charge < -0.3 is 14.6 Å². The van der Waals surface area contributed by atoms with Gasteiger partial charge in [0.25, 0.3) is 5.97 Å². The lowest BCUT2D eigenvalue weighted by molar-refractivity contribution is -0.342. The van der Waals surface area contributed by atoms with Crippen molar-refractivity contribution in [2.75, 3.05) is 19.1 Å². The summed E-state index contributed by atoms with van der Waals surface area (Å²) in [4.78, 5) is 0. The molecule has 0 aliphatic carbocycles. The highest BCUT2D eigenvalue weighted by atomic mass is 35.5. The first-order chi connectivity index (χ1) is 7.64. The first-order valence-electron chi connectivity index (χ1n) is 5.27. The van der Waals surface area contributed by atoms with Gasteiger partial charge in [-0.2, -0.15) is 0 Å². The molecule has 1 unspecified atom stereocenters. The van der Waals surface area contributed by atoms with Gasteiger partial charge in [-0.3, -0.25) is 9.09 Å². The van der Waals surface area contributed by atoms with E-state index in [0.717, 1.165) is 0 Å². The van der Waals surface area contributed by atoms with Gasteiger partial charge in [-0.15, -0.1) is 11.6 Å². The molecule has 0 spiro atoms. The molecule has 0 fully saturated rings. The van der Waals surface area contributed by atoms with Crippen LogP contribution in [0.4, 0.5) is 0 Å². The van der Waals surface area contributed by atoms with Crippen molar-refractivity contribution in [1.29, 1.82) is 0 Å². The molecule has 0 aromatic heterocycles. The molecule has 0 aliphatic heterocycles. The number of rotatable bonds is 10. The molecule has 0 radical (unpaired) electrons. The molecule has 0 saturated heterocycles. The van der Waals surface area contributed by atoms with Gasteiger partial charge in [0.1, 0.15) is 0 Å². The lowest BCUT2D eigenvalue weighted by atomic mass is 10.2. The lowest BCUT2D eigenvalue weighted by Crippen LogP contribution is -2.38. The summed E-state index contributed by atoms with van der Waals surface area (Å²) in [6.07, 6.45) is 0.00741. The Morgan fingerprint density at radius 1 is 1.38 bits per heavy atom. The number of halogens is 1. The zero-order chi connectivity index (χ0) is 12.4. The first-order valence-corrected chi connectivity index (χ1v) is 6.75. The molecule has 0 heterocycles. The van der Waals surface area contributed by atoms with Crippen LogP contribution in [0.2, 0.25) is 0 Å². The first kappa shape index (κ1) is 16.4. The van der Waals surface area contributed by atoms with E-state index in [9.17, 15) is 9.67 Å². The molecule has 2 atom stereocenters. The number of hydrogen-bond donors (Lipinski definition) is 1. The van der Waals surface area contributed by atoms with Crippen molar-refractivity contribution >= 4 is 20.3 Å². The fourth-order valence-electron chi connectivity index (χ4n) is 1.25. The predicted octanol–water partition coefficient (Wildman–Crippen LogP) is 1.78. The summed E-state index contributed by atoms with van der Waals surface area (Å²) in [6, 6.07) is 0. The summed E-state index contributed by atoms with van der Waals surface area (Å²) in [5.74, 6) is -1.17. The number of aliphatic hydroxyl groups excluding tert-OH is 1. The van der Waals surface area contributed by atoms with Gasteiger partial charge in [-0.1, -0.05) is 0 Å². The van der Waals surface area contributed by atoms with E-state index in [1.54, 1.807) is 13.8 Å². The van der Waals surface area contributed by atoms with Gasteiger partial charge in [-0.25, -0.2) is 0 Å². The van der Waals surface area contributed by atoms with E-state index >= 15 is 0 Å². The van der Waals surface area contributed by atoms with Crippen molar-refractivity contribution in [1.82, 2.24) is 0 Å². The van der Waals surface area contributed by atoms with Crippen LogP contribution in [0.25, 0.3) is 0 Å². The van der Waals surface area contributed by atoms with Gasteiger partial charge in [0.05, 0.1) is 6.10 Å². The Labute approximate surface area is 102 Å². The van der Waals surface area contributed by atoms with Crippen molar-refractivity contribution in [3.63, 3.8) is 0 Å². The Hall–Kier alpha value is 0.360. The van der Waals surface area contributed by atoms with E-state index in [0.29, 0.717) is 19.6 Å². The minimum absolute atomic E-state index is 0.137. The molecule has 0 amide bonds. The smallest absolute Gasteiger partial charge is 0.288 e. The van der Waals surface area contributed by atoms with Crippen LogP contribution in [-0.2, 0) is 18.6 Å².